The normalized spacial score (nSPS) is 17.8. The lowest BCUT2D eigenvalue weighted by Gasteiger charge is -2.40. The van der Waals surface area contributed by atoms with E-state index >= 15 is 0 Å². The summed E-state index contributed by atoms with van der Waals surface area (Å²) in [7, 11) is 0. The van der Waals surface area contributed by atoms with E-state index in [-0.39, 0.29) is 6.42 Å². The van der Waals surface area contributed by atoms with Crippen LogP contribution in [0, 0.1) is 6.92 Å². The van der Waals surface area contributed by atoms with Crippen LogP contribution in [0.4, 0.5) is 5.13 Å². The average molecular weight is 430 g/mol. The van der Waals surface area contributed by atoms with Crippen molar-refractivity contribution in [3.63, 3.8) is 0 Å². The standard InChI is InChI=1S/C22H24ClN3O2S/c1-14-7-16(10-21(27)28)9-17(8-14)13-25-5-6-26(12-15(25)2)22-24-19-4-3-18(23)11-20(19)29-22/h3-4,7-9,11,15H,5-6,10,12-13H2,1-2H3,(H,27,28)/t15-/m1/s1. The molecule has 29 heavy (non-hydrogen) atoms. The van der Waals surface area contributed by atoms with Gasteiger partial charge in [0.25, 0.3) is 0 Å². The first-order valence-corrected chi connectivity index (χ1v) is 10.9. The molecule has 1 N–H and O–H groups in total. The maximum Gasteiger partial charge on any atom is 0.307 e. The van der Waals surface area contributed by atoms with Crippen LogP contribution in [0.5, 0.6) is 0 Å². The van der Waals surface area contributed by atoms with Crippen LogP contribution in [-0.4, -0.2) is 46.6 Å². The highest BCUT2D eigenvalue weighted by Crippen LogP contribution is 2.32. The minimum Gasteiger partial charge on any atom is -0.481 e. The number of piperazine rings is 1. The van der Waals surface area contributed by atoms with Crippen LogP contribution < -0.4 is 4.90 Å². The van der Waals surface area contributed by atoms with Gasteiger partial charge in [0.15, 0.2) is 5.13 Å². The molecule has 0 amide bonds. The Balaban J connectivity index is 1.45. The van der Waals surface area contributed by atoms with Gasteiger partial charge in [-0.15, -0.1) is 0 Å². The topological polar surface area (TPSA) is 56.7 Å². The SMILES string of the molecule is Cc1cc(CC(=O)O)cc(CN2CCN(c3nc4ccc(Cl)cc4s3)C[C@H]2C)c1. The number of benzene rings is 2. The summed E-state index contributed by atoms with van der Waals surface area (Å²) in [6, 6.07) is 12.3. The molecule has 1 fully saturated rings. The fourth-order valence-corrected chi connectivity index (χ4v) is 5.25. The number of carboxylic acids is 1. The zero-order chi connectivity index (χ0) is 20.5. The first-order chi connectivity index (χ1) is 13.9. The van der Waals surface area contributed by atoms with Gasteiger partial charge in [0.1, 0.15) is 0 Å². The Morgan fingerprint density at radius 2 is 2.03 bits per heavy atom. The van der Waals surface area contributed by atoms with E-state index < -0.39 is 5.97 Å². The summed E-state index contributed by atoms with van der Waals surface area (Å²) in [4.78, 5) is 20.7. The number of hydrogen-bond acceptors (Lipinski definition) is 5. The second kappa shape index (κ2) is 8.30. The van der Waals surface area contributed by atoms with Gasteiger partial charge >= 0.3 is 5.97 Å². The summed E-state index contributed by atoms with van der Waals surface area (Å²) in [5, 5.41) is 10.9. The van der Waals surface area contributed by atoms with Crippen molar-refractivity contribution in [3.05, 3.63) is 58.1 Å². The number of thiazole rings is 1. The minimum absolute atomic E-state index is 0.0691. The Labute approximate surface area is 179 Å². The molecule has 5 nitrogen and oxygen atoms in total. The van der Waals surface area contributed by atoms with E-state index in [4.69, 9.17) is 21.7 Å². The molecular formula is C22H24ClN3O2S. The maximum absolute atomic E-state index is 11.1. The Bertz CT molecular complexity index is 1050. The van der Waals surface area contributed by atoms with Crippen molar-refractivity contribution < 1.29 is 9.90 Å². The van der Waals surface area contributed by atoms with E-state index in [9.17, 15) is 4.79 Å². The van der Waals surface area contributed by atoms with E-state index in [0.29, 0.717) is 6.04 Å². The summed E-state index contributed by atoms with van der Waals surface area (Å²) >= 11 is 7.80. The second-order valence-electron chi connectivity index (χ2n) is 7.77. The Morgan fingerprint density at radius 1 is 1.24 bits per heavy atom. The van der Waals surface area contributed by atoms with E-state index in [2.05, 4.69) is 22.8 Å². The van der Waals surface area contributed by atoms with Gasteiger partial charge in [0, 0.05) is 37.2 Å². The number of aliphatic carboxylic acids is 1. The molecule has 0 bridgehead atoms. The van der Waals surface area contributed by atoms with Crippen LogP contribution in [0.15, 0.2) is 36.4 Å². The molecule has 0 unspecified atom stereocenters. The van der Waals surface area contributed by atoms with E-state index in [1.54, 1.807) is 11.3 Å². The fraction of sp³-hybridized carbons (Fsp3) is 0.364. The highest BCUT2D eigenvalue weighted by Gasteiger charge is 2.25. The predicted molar refractivity (Wildman–Crippen MR) is 119 cm³/mol. The average Bonchev–Trinajstić information content (AvgIpc) is 3.05. The number of rotatable bonds is 5. The molecule has 0 radical (unpaired) electrons. The van der Waals surface area contributed by atoms with Crippen LogP contribution in [0.2, 0.25) is 5.02 Å². The van der Waals surface area contributed by atoms with E-state index in [0.717, 1.165) is 57.7 Å². The molecule has 4 rings (SSSR count). The van der Waals surface area contributed by atoms with Crippen molar-refractivity contribution in [1.29, 1.82) is 0 Å². The summed E-state index contributed by atoms with van der Waals surface area (Å²) in [5.74, 6) is -0.791. The van der Waals surface area contributed by atoms with Gasteiger partial charge in [0.2, 0.25) is 0 Å². The van der Waals surface area contributed by atoms with Crippen molar-refractivity contribution in [1.82, 2.24) is 9.88 Å². The predicted octanol–water partition coefficient (Wildman–Crippen LogP) is 4.60. The van der Waals surface area contributed by atoms with E-state index in [1.807, 2.05) is 37.3 Å². The van der Waals surface area contributed by atoms with Crippen molar-refractivity contribution in [2.75, 3.05) is 24.5 Å². The molecule has 152 valence electrons. The number of aryl methyl sites for hydroxylation is 1. The molecule has 7 heteroatoms. The van der Waals surface area contributed by atoms with Gasteiger partial charge in [0.05, 0.1) is 16.6 Å². The molecule has 0 spiro atoms. The number of fused-ring (bicyclic) bond motifs is 1. The molecular weight excluding hydrogens is 406 g/mol. The number of carboxylic acid groups (broad SMARTS) is 1. The lowest BCUT2D eigenvalue weighted by molar-refractivity contribution is -0.136. The molecule has 1 aromatic heterocycles. The third kappa shape index (κ3) is 4.71. The van der Waals surface area contributed by atoms with Crippen molar-refractivity contribution >= 4 is 44.3 Å². The van der Waals surface area contributed by atoms with Gasteiger partial charge in [-0.2, -0.15) is 0 Å². The fourth-order valence-electron chi connectivity index (χ4n) is 3.98. The molecule has 3 aromatic rings. The summed E-state index contributed by atoms with van der Waals surface area (Å²) in [5.41, 5.74) is 4.15. The number of carbonyl (C=O) groups is 1. The molecule has 1 aliphatic heterocycles. The maximum atomic E-state index is 11.1. The van der Waals surface area contributed by atoms with Gasteiger partial charge in [-0.05, 0) is 43.2 Å². The lowest BCUT2D eigenvalue weighted by Crippen LogP contribution is -2.51. The third-order valence-electron chi connectivity index (χ3n) is 5.31. The van der Waals surface area contributed by atoms with Crippen molar-refractivity contribution in [2.24, 2.45) is 0 Å². The van der Waals surface area contributed by atoms with Gasteiger partial charge in [-0.3, -0.25) is 9.69 Å². The molecule has 1 saturated heterocycles. The summed E-state index contributed by atoms with van der Waals surface area (Å²) in [6.07, 6.45) is 0.0691. The van der Waals surface area contributed by atoms with Crippen LogP contribution in [0.25, 0.3) is 10.2 Å². The van der Waals surface area contributed by atoms with E-state index in [1.165, 1.54) is 5.56 Å². The van der Waals surface area contributed by atoms with Gasteiger partial charge in [-0.1, -0.05) is 46.7 Å². The number of anilines is 1. The van der Waals surface area contributed by atoms with Crippen LogP contribution in [-0.2, 0) is 17.8 Å². The Kier molecular flexibility index (Phi) is 5.76. The second-order valence-corrected chi connectivity index (χ2v) is 9.22. The molecule has 1 atom stereocenters. The molecule has 0 saturated carbocycles. The molecule has 0 aliphatic carbocycles. The molecule has 1 aliphatic rings. The summed E-state index contributed by atoms with van der Waals surface area (Å²) < 4.78 is 1.12. The monoisotopic (exact) mass is 429 g/mol. The van der Waals surface area contributed by atoms with Crippen LogP contribution >= 0.6 is 22.9 Å². The number of aromatic nitrogens is 1. The van der Waals surface area contributed by atoms with Crippen LogP contribution in [0.3, 0.4) is 0 Å². The number of hydrogen-bond donors (Lipinski definition) is 1. The zero-order valence-electron chi connectivity index (χ0n) is 16.6. The Morgan fingerprint density at radius 3 is 2.79 bits per heavy atom. The number of halogens is 1. The van der Waals surface area contributed by atoms with Gasteiger partial charge < -0.3 is 10.0 Å². The highest BCUT2D eigenvalue weighted by atomic mass is 35.5. The highest BCUT2D eigenvalue weighted by molar-refractivity contribution is 7.22. The van der Waals surface area contributed by atoms with Crippen molar-refractivity contribution in [2.45, 2.75) is 32.9 Å². The Hall–Kier alpha value is -2.15. The first-order valence-electron chi connectivity index (χ1n) is 9.74. The first kappa shape index (κ1) is 20.1. The largest absolute Gasteiger partial charge is 0.481 e. The third-order valence-corrected chi connectivity index (χ3v) is 6.63. The lowest BCUT2D eigenvalue weighted by atomic mass is 10.0. The molecule has 2 aromatic carbocycles. The smallest absolute Gasteiger partial charge is 0.307 e. The van der Waals surface area contributed by atoms with Crippen molar-refractivity contribution in [3.8, 4) is 0 Å². The quantitative estimate of drug-likeness (QED) is 0.642. The van der Waals surface area contributed by atoms with Crippen LogP contribution in [0.1, 0.15) is 23.6 Å². The van der Waals surface area contributed by atoms with Gasteiger partial charge in [-0.25, -0.2) is 4.98 Å². The minimum atomic E-state index is -0.791. The number of nitrogens with zero attached hydrogens (tertiary/aromatic N) is 3. The summed E-state index contributed by atoms with van der Waals surface area (Å²) in [6.45, 7) is 7.88. The molecule has 2 heterocycles. The zero-order valence-corrected chi connectivity index (χ0v) is 18.1.